The average molecular weight is 379 g/mol. The summed E-state index contributed by atoms with van der Waals surface area (Å²) in [6, 6.07) is 1.52. The zero-order valence-electron chi connectivity index (χ0n) is 14.5. The van der Waals surface area contributed by atoms with Gasteiger partial charge in [0.05, 0.1) is 23.1 Å². The molecule has 2 unspecified atom stereocenters. The molecule has 25 heavy (non-hydrogen) atoms. The van der Waals surface area contributed by atoms with Crippen molar-refractivity contribution >= 4 is 24.5 Å². The second-order valence-corrected chi connectivity index (χ2v) is 6.75. The van der Waals surface area contributed by atoms with E-state index in [4.69, 9.17) is 0 Å². The van der Waals surface area contributed by atoms with Crippen molar-refractivity contribution < 1.29 is 73.9 Å². The number of nitrogens with one attached hydrogen (secondary N) is 1. The Morgan fingerprint density at radius 2 is 2.08 bits per heavy atom. The van der Waals surface area contributed by atoms with Crippen molar-refractivity contribution in [2.24, 2.45) is 5.92 Å². The molecule has 0 bridgehead atoms. The fourth-order valence-electron chi connectivity index (χ4n) is 3.59. The maximum atomic E-state index is 13.2. The Morgan fingerprint density at radius 3 is 2.64 bits per heavy atom. The van der Waals surface area contributed by atoms with Crippen molar-refractivity contribution in [1.82, 2.24) is 9.88 Å². The molecule has 0 spiro atoms. The molecular weight excluding hydrogens is 361 g/mol. The Hall–Kier alpha value is -0.419. The number of hydrogen-bond acceptors (Lipinski definition) is 3. The number of carbonyl (C=O) groups is 2. The third-order valence-corrected chi connectivity index (χ3v) is 5.14. The van der Waals surface area contributed by atoms with Gasteiger partial charge in [-0.05, 0) is 18.9 Å². The van der Waals surface area contributed by atoms with E-state index in [1.807, 2.05) is 0 Å². The van der Waals surface area contributed by atoms with Gasteiger partial charge >= 0.3 is 58.4 Å². The average Bonchev–Trinajstić information content (AvgIpc) is 3.22. The molecule has 0 radical (unpaired) electrons. The number of anilines is 1. The number of carbonyl (C=O) groups excluding carboxylic acids is 2. The topological polar surface area (TPSA) is 62.3 Å². The molecule has 1 N–H and O–H groups in total. The third-order valence-electron chi connectivity index (χ3n) is 5.14. The molecule has 130 valence electrons. The molecule has 2 atom stereocenters. The van der Waals surface area contributed by atoms with E-state index < -0.39 is 18.2 Å². The second kappa shape index (κ2) is 7.30. The molecule has 1 aromatic rings. The van der Waals surface area contributed by atoms with Gasteiger partial charge in [-0.2, -0.15) is 0 Å². The Morgan fingerprint density at radius 1 is 1.40 bits per heavy atom. The van der Waals surface area contributed by atoms with Crippen LogP contribution in [0.3, 0.4) is 0 Å². The van der Waals surface area contributed by atoms with Crippen molar-refractivity contribution in [2.45, 2.75) is 32.0 Å². The number of nitrogens with zero attached hydrogens (tertiary/aromatic N) is 2. The summed E-state index contributed by atoms with van der Waals surface area (Å²) < 4.78 is 39.5. The largest absolute Gasteiger partial charge is 1.00 e. The minimum atomic E-state index is -4.87. The minimum absolute atomic E-state index is 0. The number of rotatable bonds is 3. The van der Waals surface area contributed by atoms with Crippen molar-refractivity contribution in [3.05, 3.63) is 23.5 Å². The molecule has 0 aromatic carbocycles. The van der Waals surface area contributed by atoms with Gasteiger partial charge in [0, 0.05) is 20.0 Å². The number of piperidine rings is 1. The summed E-state index contributed by atoms with van der Waals surface area (Å²) in [5.74, 6) is -1.10. The van der Waals surface area contributed by atoms with Crippen LogP contribution < -0.4 is 56.7 Å². The number of fused-ring (bicyclic) bond motifs is 1. The standard InChI is InChI=1S/C15H18BF3N3O2.K/c1-9-13(5-12(7-20-9)21-10(2)23)14(24)22-4-3-15(16(17,18)19)6-11(15)8-22;/h5,7,11H,3-4,6,8H2,1-2H3,(H,21,23);/q-1;+1. The summed E-state index contributed by atoms with van der Waals surface area (Å²) in [6.45, 7) is -1.64. The van der Waals surface area contributed by atoms with Crippen LogP contribution in [0.15, 0.2) is 12.3 Å². The van der Waals surface area contributed by atoms with Crippen LogP contribution in [0.25, 0.3) is 0 Å². The van der Waals surface area contributed by atoms with Gasteiger partial charge in [0.25, 0.3) is 5.91 Å². The van der Waals surface area contributed by atoms with Crippen molar-refractivity contribution in [3.63, 3.8) is 0 Å². The van der Waals surface area contributed by atoms with Crippen LogP contribution >= 0.6 is 0 Å². The van der Waals surface area contributed by atoms with Crippen LogP contribution in [0.5, 0.6) is 0 Å². The summed E-state index contributed by atoms with van der Waals surface area (Å²) in [6.07, 6.45) is 1.55. The van der Waals surface area contributed by atoms with Gasteiger partial charge < -0.3 is 23.2 Å². The van der Waals surface area contributed by atoms with E-state index in [0.717, 1.165) is 0 Å². The first-order valence-electron chi connectivity index (χ1n) is 7.87. The molecule has 1 aliphatic carbocycles. The number of amides is 2. The quantitative estimate of drug-likeness (QED) is 0.741. The van der Waals surface area contributed by atoms with Crippen molar-refractivity contribution in [1.29, 1.82) is 0 Å². The normalized spacial score (nSPS) is 24.8. The summed E-state index contributed by atoms with van der Waals surface area (Å²) in [4.78, 5) is 29.4. The number of halogens is 3. The van der Waals surface area contributed by atoms with Gasteiger partial charge in [0.15, 0.2) is 0 Å². The van der Waals surface area contributed by atoms with E-state index in [0.29, 0.717) is 16.9 Å². The minimum Gasteiger partial charge on any atom is -0.449 e. The molecule has 2 amide bonds. The first-order valence-corrected chi connectivity index (χ1v) is 7.87. The zero-order chi connectivity index (χ0) is 17.7. The fraction of sp³-hybridized carbons (Fsp3) is 0.533. The van der Waals surface area contributed by atoms with E-state index in [9.17, 15) is 22.5 Å². The molecule has 2 aliphatic rings. The number of aryl methyl sites for hydroxylation is 1. The van der Waals surface area contributed by atoms with Gasteiger partial charge in [-0.25, -0.2) is 0 Å². The Balaban J connectivity index is 0.00000225. The molecule has 2 fully saturated rings. The third kappa shape index (κ3) is 3.97. The molecule has 10 heteroatoms. The van der Waals surface area contributed by atoms with Gasteiger partial charge in [-0.3, -0.25) is 14.6 Å². The molecule has 1 aliphatic heterocycles. The number of pyridine rings is 1. The predicted octanol–water partition coefficient (Wildman–Crippen LogP) is -0.194. The van der Waals surface area contributed by atoms with Crippen LogP contribution in [0.2, 0.25) is 5.31 Å². The molecule has 3 rings (SSSR count). The molecular formula is C15H18BF3KN3O2. The van der Waals surface area contributed by atoms with E-state index in [1.54, 1.807) is 6.92 Å². The molecule has 5 nitrogen and oxygen atoms in total. The Bertz CT molecular complexity index is 716. The van der Waals surface area contributed by atoms with Gasteiger partial charge in [0.2, 0.25) is 5.91 Å². The Labute approximate surface area is 186 Å². The maximum Gasteiger partial charge on any atom is 1.00 e. The van der Waals surface area contributed by atoms with E-state index in [1.165, 1.54) is 24.1 Å². The van der Waals surface area contributed by atoms with Gasteiger partial charge in [-0.15, -0.1) is 0 Å². The summed E-state index contributed by atoms with van der Waals surface area (Å²) in [7, 11) is 0. The molecule has 1 saturated heterocycles. The summed E-state index contributed by atoms with van der Waals surface area (Å²) >= 11 is 0. The van der Waals surface area contributed by atoms with E-state index in [2.05, 4.69) is 10.3 Å². The van der Waals surface area contributed by atoms with E-state index >= 15 is 0 Å². The molecule has 1 saturated carbocycles. The van der Waals surface area contributed by atoms with Crippen LogP contribution in [0, 0.1) is 12.8 Å². The zero-order valence-corrected chi connectivity index (χ0v) is 17.6. The fourth-order valence-corrected chi connectivity index (χ4v) is 3.59. The van der Waals surface area contributed by atoms with Crippen LogP contribution in [-0.4, -0.2) is 41.8 Å². The van der Waals surface area contributed by atoms with Gasteiger partial charge in [0.1, 0.15) is 0 Å². The monoisotopic (exact) mass is 379 g/mol. The first kappa shape index (κ1) is 20.9. The van der Waals surface area contributed by atoms with Crippen LogP contribution in [0.4, 0.5) is 18.6 Å². The number of likely N-dealkylation sites (tertiary alicyclic amines) is 1. The first-order chi connectivity index (χ1) is 11.1. The van der Waals surface area contributed by atoms with Crippen LogP contribution in [0.1, 0.15) is 35.8 Å². The Kier molecular flexibility index (Phi) is 6.10. The summed E-state index contributed by atoms with van der Waals surface area (Å²) in [5, 5.41) is 1.03. The second-order valence-electron chi connectivity index (χ2n) is 6.75. The maximum absolute atomic E-state index is 13.2. The molecule has 2 heterocycles. The molecule has 1 aromatic heterocycles. The smallest absolute Gasteiger partial charge is 0.449 e. The summed E-state index contributed by atoms with van der Waals surface area (Å²) in [5.41, 5.74) is 1.20. The number of hydrogen-bond donors (Lipinski definition) is 1. The van der Waals surface area contributed by atoms with E-state index in [-0.39, 0.29) is 89.1 Å². The van der Waals surface area contributed by atoms with Crippen LogP contribution in [-0.2, 0) is 4.79 Å². The number of aromatic nitrogens is 1. The van der Waals surface area contributed by atoms with Crippen molar-refractivity contribution in [2.75, 3.05) is 18.4 Å². The SMILES string of the molecule is CC(=O)Nc1cnc(C)c(C(=O)N2CCC3([B-](F)(F)F)CC3C2)c1.[K+]. The van der Waals surface area contributed by atoms with Gasteiger partial charge in [-0.1, -0.05) is 18.2 Å². The van der Waals surface area contributed by atoms with Crippen molar-refractivity contribution in [3.8, 4) is 0 Å². The predicted molar refractivity (Wildman–Crippen MR) is 83.7 cm³/mol.